The van der Waals surface area contributed by atoms with E-state index in [1.54, 1.807) is 31.2 Å². The van der Waals surface area contributed by atoms with Gasteiger partial charge in [0.15, 0.2) is 0 Å². The summed E-state index contributed by atoms with van der Waals surface area (Å²) in [7, 11) is 0. The highest BCUT2D eigenvalue weighted by molar-refractivity contribution is 6.26. The van der Waals surface area contributed by atoms with E-state index in [4.69, 9.17) is 5.73 Å². The molecule has 21 heavy (non-hydrogen) atoms. The molecule has 1 aliphatic rings. The largest absolute Gasteiger partial charge is 0.368 e. The van der Waals surface area contributed by atoms with Gasteiger partial charge in [-0.3, -0.25) is 19.3 Å². The third-order valence-corrected chi connectivity index (χ3v) is 3.83. The van der Waals surface area contributed by atoms with Gasteiger partial charge in [-0.15, -0.1) is 0 Å². The Kier molecular flexibility index (Phi) is 2.97. The predicted molar refractivity (Wildman–Crippen MR) is 77.7 cm³/mol. The van der Waals surface area contributed by atoms with Gasteiger partial charge in [0.05, 0.1) is 0 Å². The molecule has 0 aliphatic carbocycles. The van der Waals surface area contributed by atoms with Crippen LogP contribution in [0.5, 0.6) is 0 Å². The summed E-state index contributed by atoms with van der Waals surface area (Å²) in [6.07, 6.45) is 0.297. The highest BCUT2D eigenvalue weighted by Crippen LogP contribution is 2.31. The fraction of sp³-hybridized carbons (Fsp3) is 0.188. The molecule has 1 unspecified atom stereocenters. The second kappa shape index (κ2) is 4.70. The van der Waals surface area contributed by atoms with Crippen molar-refractivity contribution in [1.82, 2.24) is 4.90 Å². The molecule has 3 rings (SSSR count). The van der Waals surface area contributed by atoms with E-state index >= 15 is 0 Å². The number of benzene rings is 2. The summed E-state index contributed by atoms with van der Waals surface area (Å²) in [5.41, 5.74) is 6.20. The normalized spacial score (nSPS) is 15.4. The molecule has 0 radical (unpaired) electrons. The monoisotopic (exact) mass is 282 g/mol. The van der Waals surface area contributed by atoms with E-state index in [1.807, 2.05) is 12.1 Å². The summed E-state index contributed by atoms with van der Waals surface area (Å²) < 4.78 is 0. The lowest BCUT2D eigenvalue weighted by Crippen LogP contribution is -2.52. The van der Waals surface area contributed by atoms with Crippen molar-refractivity contribution >= 4 is 28.5 Å². The second-order valence-corrected chi connectivity index (χ2v) is 5.02. The first kappa shape index (κ1) is 13.3. The molecule has 0 saturated carbocycles. The van der Waals surface area contributed by atoms with E-state index in [1.165, 1.54) is 0 Å². The molecule has 3 amide bonds. The Bertz CT molecular complexity index is 731. The van der Waals surface area contributed by atoms with E-state index < -0.39 is 23.8 Å². The first-order chi connectivity index (χ1) is 10.1. The van der Waals surface area contributed by atoms with Gasteiger partial charge < -0.3 is 5.73 Å². The number of primary amides is 1. The molecule has 0 bridgehead atoms. The minimum atomic E-state index is -0.923. The molecule has 2 aromatic carbocycles. The third kappa shape index (κ3) is 1.81. The number of imide groups is 1. The Morgan fingerprint density at radius 1 is 1.10 bits per heavy atom. The van der Waals surface area contributed by atoms with Gasteiger partial charge in [-0.2, -0.15) is 0 Å². The van der Waals surface area contributed by atoms with Gasteiger partial charge in [-0.25, -0.2) is 0 Å². The van der Waals surface area contributed by atoms with Crippen LogP contribution in [-0.2, 0) is 4.79 Å². The summed E-state index contributed by atoms with van der Waals surface area (Å²) in [5.74, 6) is -1.60. The van der Waals surface area contributed by atoms with Gasteiger partial charge in [0.2, 0.25) is 5.91 Å². The van der Waals surface area contributed by atoms with E-state index in [2.05, 4.69) is 0 Å². The lowest BCUT2D eigenvalue weighted by molar-refractivity contribution is -0.122. The molecule has 0 aromatic heterocycles. The first-order valence-corrected chi connectivity index (χ1v) is 6.75. The average molecular weight is 282 g/mol. The number of nitrogens with zero attached hydrogens (tertiary/aromatic N) is 1. The van der Waals surface area contributed by atoms with Crippen molar-refractivity contribution in [2.24, 2.45) is 5.73 Å². The van der Waals surface area contributed by atoms with Crippen LogP contribution in [0.15, 0.2) is 36.4 Å². The summed E-state index contributed by atoms with van der Waals surface area (Å²) in [6, 6.07) is 9.64. The van der Waals surface area contributed by atoms with Gasteiger partial charge in [0.25, 0.3) is 11.8 Å². The van der Waals surface area contributed by atoms with Crippen molar-refractivity contribution in [3.63, 3.8) is 0 Å². The number of carbonyl (C=O) groups is 3. The third-order valence-electron chi connectivity index (χ3n) is 3.83. The summed E-state index contributed by atoms with van der Waals surface area (Å²) >= 11 is 0. The maximum Gasteiger partial charge on any atom is 0.262 e. The zero-order chi connectivity index (χ0) is 15.1. The highest BCUT2D eigenvalue weighted by Gasteiger charge is 2.38. The lowest BCUT2D eigenvalue weighted by atomic mass is 9.93. The number of rotatable bonds is 3. The molecule has 1 heterocycles. The minimum Gasteiger partial charge on any atom is -0.368 e. The first-order valence-electron chi connectivity index (χ1n) is 6.75. The SMILES string of the molecule is CCC(C(N)=O)N1C(=O)c2cccc3cccc(c23)C1=O. The topological polar surface area (TPSA) is 80.5 Å². The Morgan fingerprint density at radius 2 is 1.62 bits per heavy atom. The van der Waals surface area contributed by atoms with Crippen molar-refractivity contribution in [3.8, 4) is 0 Å². The fourth-order valence-electron chi connectivity index (χ4n) is 2.84. The molecule has 0 saturated heterocycles. The van der Waals surface area contributed by atoms with E-state index in [0.29, 0.717) is 22.9 Å². The molecule has 1 aliphatic heterocycles. The zero-order valence-corrected chi connectivity index (χ0v) is 11.5. The highest BCUT2D eigenvalue weighted by atomic mass is 16.2. The Hall–Kier alpha value is -2.69. The number of amides is 3. The average Bonchev–Trinajstić information content (AvgIpc) is 2.48. The van der Waals surface area contributed by atoms with Crippen LogP contribution in [0.4, 0.5) is 0 Å². The summed E-state index contributed by atoms with van der Waals surface area (Å²) in [6.45, 7) is 1.72. The zero-order valence-electron chi connectivity index (χ0n) is 11.5. The van der Waals surface area contributed by atoms with Crippen LogP contribution >= 0.6 is 0 Å². The maximum atomic E-state index is 12.6. The second-order valence-electron chi connectivity index (χ2n) is 5.02. The standard InChI is InChI=1S/C16H14N2O3/c1-2-12(14(17)19)18-15(20)10-7-3-5-9-6-4-8-11(13(9)10)16(18)21/h3-8,12H,2H2,1H3,(H2,17,19). The number of nitrogens with two attached hydrogens (primary N) is 1. The lowest BCUT2D eigenvalue weighted by Gasteiger charge is -2.31. The molecule has 2 N–H and O–H groups in total. The summed E-state index contributed by atoms with van der Waals surface area (Å²) in [5, 5.41) is 1.48. The van der Waals surface area contributed by atoms with Gasteiger partial charge in [0, 0.05) is 16.5 Å². The Labute approximate surface area is 121 Å². The van der Waals surface area contributed by atoms with Crippen molar-refractivity contribution in [1.29, 1.82) is 0 Å². The van der Waals surface area contributed by atoms with Gasteiger partial charge in [-0.05, 0) is 23.9 Å². The van der Waals surface area contributed by atoms with Crippen molar-refractivity contribution in [2.75, 3.05) is 0 Å². The molecule has 106 valence electrons. The van der Waals surface area contributed by atoms with Crippen molar-refractivity contribution in [2.45, 2.75) is 19.4 Å². The van der Waals surface area contributed by atoms with Crippen molar-refractivity contribution in [3.05, 3.63) is 47.5 Å². The minimum absolute atomic E-state index is 0.297. The Balaban J connectivity index is 2.26. The van der Waals surface area contributed by atoms with Gasteiger partial charge in [0.1, 0.15) is 6.04 Å². The molecule has 1 atom stereocenters. The van der Waals surface area contributed by atoms with Crippen LogP contribution in [-0.4, -0.2) is 28.7 Å². The molecular weight excluding hydrogens is 268 g/mol. The molecular formula is C16H14N2O3. The van der Waals surface area contributed by atoms with Crippen LogP contribution in [0.25, 0.3) is 10.8 Å². The van der Waals surface area contributed by atoms with Crippen molar-refractivity contribution < 1.29 is 14.4 Å². The van der Waals surface area contributed by atoms with E-state index in [-0.39, 0.29) is 0 Å². The van der Waals surface area contributed by atoms with Crippen LogP contribution in [0, 0.1) is 0 Å². The predicted octanol–water partition coefficient (Wildman–Crippen LogP) is 1.70. The van der Waals surface area contributed by atoms with Crippen LogP contribution < -0.4 is 5.73 Å². The molecule has 0 spiro atoms. The molecule has 5 nitrogen and oxygen atoms in total. The van der Waals surface area contributed by atoms with E-state index in [0.717, 1.165) is 10.3 Å². The fourth-order valence-corrected chi connectivity index (χ4v) is 2.84. The Morgan fingerprint density at radius 3 is 2.05 bits per heavy atom. The summed E-state index contributed by atoms with van der Waals surface area (Å²) in [4.78, 5) is 37.8. The number of hydrogen-bond acceptors (Lipinski definition) is 3. The van der Waals surface area contributed by atoms with Crippen LogP contribution in [0.3, 0.4) is 0 Å². The van der Waals surface area contributed by atoms with Gasteiger partial charge in [-0.1, -0.05) is 31.2 Å². The quantitative estimate of drug-likeness (QED) is 0.870. The van der Waals surface area contributed by atoms with E-state index in [9.17, 15) is 14.4 Å². The van der Waals surface area contributed by atoms with Crippen LogP contribution in [0.2, 0.25) is 0 Å². The molecule has 5 heteroatoms. The smallest absolute Gasteiger partial charge is 0.262 e. The number of carbonyl (C=O) groups excluding carboxylic acids is 3. The van der Waals surface area contributed by atoms with Crippen LogP contribution in [0.1, 0.15) is 34.1 Å². The number of hydrogen-bond donors (Lipinski definition) is 1. The van der Waals surface area contributed by atoms with Gasteiger partial charge >= 0.3 is 0 Å². The maximum absolute atomic E-state index is 12.6. The molecule has 2 aromatic rings. The molecule has 0 fully saturated rings.